The summed E-state index contributed by atoms with van der Waals surface area (Å²) in [5, 5.41) is 0. The van der Waals surface area contributed by atoms with E-state index in [1.54, 1.807) is 0 Å². The number of pyridine rings is 1. The van der Waals surface area contributed by atoms with Crippen molar-refractivity contribution < 1.29 is 31.4 Å². The third-order valence-electron chi connectivity index (χ3n) is 1.87. The lowest BCUT2D eigenvalue weighted by Crippen LogP contribution is -2.20. The van der Waals surface area contributed by atoms with Crippen LogP contribution in [0.1, 0.15) is 17.8 Å². The van der Waals surface area contributed by atoms with E-state index in [2.05, 4.69) is 14.5 Å². The molecule has 0 atom stereocenters. The molecule has 1 aromatic rings. The summed E-state index contributed by atoms with van der Waals surface area (Å²) < 4.78 is 69.7. The Morgan fingerprint density at radius 3 is 2.39 bits per heavy atom. The van der Waals surface area contributed by atoms with Crippen LogP contribution in [0.25, 0.3) is 0 Å². The monoisotopic (exact) mass is 272 g/mol. The molecule has 0 unspecified atom stereocenters. The van der Waals surface area contributed by atoms with E-state index in [0.29, 0.717) is 0 Å². The van der Waals surface area contributed by atoms with Gasteiger partial charge in [-0.1, -0.05) is 0 Å². The van der Waals surface area contributed by atoms with Gasteiger partial charge in [0.2, 0.25) is 0 Å². The Kier molecular flexibility index (Phi) is 4.28. The molecule has 1 heterocycles. The maximum Gasteiger partial charge on any atom is 0.573 e. The second kappa shape index (κ2) is 5.34. The fourth-order valence-corrected chi connectivity index (χ4v) is 1.20. The van der Waals surface area contributed by atoms with Gasteiger partial charge in [-0.25, -0.2) is 13.8 Å². The molecule has 0 bridgehead atoms. The molecule has 0 saturated heterocycles. The first-order valence-electron chi connectivity index (χ1n) is 4.60. The van der Waals surface area contributed by atoms with Crippen molar-refractivity contribution in [1.29, 1.82) is 0 Å². The number of rotatable bonds is 4. The number of methoxy groups -OCH3 is 1. The molecule has 1 rings (SSSR count). The number of nitrogens with two attached hydrogens (primary N) is 1. The summed E-state index contributed by atoms with van der Waals surface area (Å²) in [6.45, 7) is -0.220. The highest BCUT2D eigenvalue weighted by atomic mass is 19.4. The molecule has 0 radical (unpaired) electrons. The minimum absolute atomic E-state index is 0.0309. The van der Waals surface area contributed by atoms with Crippen LogP contribution in [-0.2, 0) is 6.54 Å². The van der Waals surface area contributed by atoms with Crippen LogP contribution in [0.4, 0.5) is 22.0 Å². The topological polar surface area (TPSA) is 57.4 Å². The van der Waals surface area contributed by atoms with Crippen molar-refractivity contribution >= 4 is 0 Å². The number of hydrogen-bond acceptors (Lipinski definition) is 4. The zero-order chi connectivity index (χ0) is 13.9. The second-order valence-electron chi connectivity index (χ2n) is 3.08. The molecule has 0 aliphatic carbocycles. The molecule has 9 heteroatoms. The molecule has 18 heavy (non-hydrogen) atoms. The molecule has 0 fully saturated rings. The van der Waals surface area contributed by atoms with Gasteiger partial charge in [-0.05, 0) is 0 Å². The maximum absolute atomic E-state index is 12.6. The Bertz CT molecular complexity index is 422. The van der Waals surface area contributed by atoms with Crippen molar-refractivity contribution in [3.63, 3.8) is 0 Å². The van der Waals surface area contributed by atoms with Crippen molar-refractivity contribution in [3.8, 4) is 11.5 Å². The van der Waals surface area contributed by atoms with Gasteiger partial charge >= 0.3 is 6.36 Å². The van der Waals surface area contributed by atoms with Gasteiger partial charge in [0.15, 0.2) is 17.2 Å². The largest absolute Gasteiger partial charge is 0.573 e. The molecule has 4 nitrogen and oxygen atoms in total. The zero-order valence-electron chi connectivity index (χ0n) is 9.09. The summed E-state index contributed by atoms with van der Waals surface area (Å²) in [6, 6.07) is 1.01. The van der Waals surface area contributed by atoms with Crippen molar-refractivity contribution in [2.75, 3.05) is 7.11 Å². The van der Waals surface area contributed by atoms with Crippen LogP contribution in [0.3, 0.4) is 0 Å². The number of ether oxygens (including phenoxy) is 2. The minimum Gasteiger partial charge on any atom is -0.493 e. The van der Waals surface area contributed by atoms with E-state index < -0.39 is 30.0 Å². The van der Waals surface area contributed by atoms with Crippen LogP contribution in [0.15, 0.2) is 6.07 Å². The van der Waals surface area contributed by atoms with Crippen LogP contribution in [0.5, 0.6) is 11.5 Å². The number of alkyl halides is 5. The van der Waals surface area contributed by atoms with Gasteiger partial charge in [-0.3, -0.25) is 0 Å². The summed E-state index contributed by atoms with van der Waals surface area (Å²) in [6.07, 6.45) is -8.37. The Balaban J connectivity index is 3.35. The molecule has 2 N–H and O–H groups in total. The first-order chi connectivity index (χ1) is 8.28. The molecular formula is C9H9F5N2O2. The van der Waals surface area contributed by atoms with Crippen LogP contribution in [0.2, 0.25) is 0 Å². The molecule has 0 aliphatic heterocycles. The average molecular weight is 272 g/mol. The first kappa shape index (κ1) is 14.4. The fraction of sp³-hybridized carbons (Fsp3) is 0.444. The van der Waals surface area contributed by atoms with Crippen molar-refractivity contribution in [1.82, 2.24) is 4.98 Å². The Morgan fingerprint density at radius 1 is 1.39 bits per heavy atom. The molecule has 0 amide bonds. The zero-order valence-corrected chi connectivity index (χ0v) is 9.09. The normalized spacial score (nSPS) is 11.8. The molecule has 0 aliphatic rings. The van der Waals surface area contributed by atoms with Gasteiger partial charge < -0.3 is 15.2 Å². The van der Waals surface area contributed by atoms with E-state index in [4.69, 9.17) is 5.73 Å². The molecule has 0 spiro atoms. The van der Waals surface area contributed by atoms with Crippen LogP contribution in [-0.4, -0.2) is 18.5 Å². The van der Waals surface area contributed by atoms with Gasteiger partial charge in [0.05, 0.1) is 12.8 Å². The summed E-state index contributed by atoms with van der Waals surface area (Å²) in [4.78, 5) is 3.30. The lowest BCUT2D eigenvalue weighted by molar-refractivity contribution is -0.275. The quantitative estimate of drug-likeness (QED) is 0.855. The van der Waals surface area contributed by atoms with E-state index in [0.717, 1.165) is 13.2 Å². The minimum atomic E-state index is -5.12. The standard InChI is InChI=1S/C9H9F5N2O2/c1-17-5-2-4(3-15)16-6(8(10)11)7(5)18-9(12,13)14/h2,8H,3,15H2,1H3. The average Bonchev–Trinajstić information content (AvgIpc) is 2.26. The highest BCUT2D eigenvalue weighted by Gasteiger charge is 2.36. The van der Waals surface area contributed by atoms with Gasteiger partial charge in [0, 0.05) is 12.6 Å². The smallest absolute Gasteiger partial charge is 0.493 e. The van der Waals surface area contributed by atoms with E-state index in [-0.39, 0.29) is 12.2 Å². The van der Waals surface area contributed by atoms with Gasteiger partial charge in [0.25, 0.3) is 6.43 Å². The number of aromatic nitrogens is 1. The predicted molar refractivity (Wildman–Crippen MR) is 50.3 cm³/mol. The first-order valence-corrected chi connectivity index (χ1v) is 4.60. The fourth-order valence-electron chi connectivity index (χ4n) is 1.20. The summed E-state index contributed by atoms with van der Waals surface area (Å²) in [5.74, 6) is -1.66. The summed E-state index contributed by atoms with van der Waals surface area (Å²) in [5.41, 5.74) is 4.00. The van der Waals surface area contributed by atoms with E-state index in [1.165, 1.54) is 0 Å². The third-order valence-corrected chi connectivity index (χ3v) is 1.87. The van der Waals surface area contributed by atoms with Crippen LogP contribution in [0, 0.1) is 0 Å². The highest BCUT2D eigenvalue weighted by molar-refractivity contribution is 5.45. The molecule has 102 valence electrons. The van der Waals surface area contributed by atoms with Crippen molar-refractivity contribution in [2.45, 2.75) is 19.3 Å². The highest BCUT2D eigenvalue weighted by Crippen LogP contribution is 2.39. The van der Waals surface area contributed by atoms with Gasteiger partial charge in [-0.15, -0.1) is 13.2 Å². The Hall–Kier alpha value is -1.64. The molecule has 0 saturated carbocycles. The SMILES string of the molecule is COc1cc(CN)nc(C(F)F)c1OC(F)(F)F. The maximum atomic E-state index is 12.6. The van der Waals surface area contributed by atoms with Crippen LogP contribution < -0.4 is 15.2 Å². The summed E-state index contributed by atoms with van der Waals surface area (Å²) >= 11 is 0. The molecule has 0 aromatic carbocycles. The Labute approximate surface area is 98.5 Å². The van der Waals surface area contributed by atoms with E-state index in [9.17, 15) is 22.0 Å². The molecular weight excluding hydrogens is 263 g/mol. The number of halogens is 5. The van der Waals surface area contributed by atoms with Crippen molar-refractivity contribution in [3.05, 3.63) is 17.5 Å². The molecule has 1 aromatic heterocycles. The number of hydrogen-bond donors (Lipinski definition) is 1. The predicted octanol–water partition coefficient (Wildman–Crippen LogP) is 2.39. The second-order valence-corrected chi connectivity index (χ2v) is 3.08. The Morgan fingerprint density at radius 2 is 2.00 bits per heavy atom. The van der Waals surface area contributed by atoms with Crippen molar-refractivity contribution in [2.24, 2.45) is 5.73 Å². The van der Waals surface area contributed by atoms with Crippen LogP contribution >= 0.6 is 0 Å². The number of nitrogens with zero attached hydrogens (tertiary/aromatic N) is 1. The van der Waals surface area contributed by atoms with Gasteiger partial charge in [-0.2, -0.15) is 0 Å². The van der Waals surface area contributed by atoms with E-state index in [1.807, 2.05) is 0 Å². The van der Waals surface area contributed by atoms with E-state index >= 15 is 0 Å². The third kappa shape index (κ3) is 3.42. The summed E-state index contributed by atoms with van der Waals surface area (Å²) in [7, 11) is 1.02. The lowest BCUT2D eigenvalue weighted by Gasteiger charge is -2.16. The van der Waals surface area contributed by atoms with Gasteiger partial charge in [0.1, 0.15) is 0 Å². The lowest BCUT2D eigenvalue weighted by atomic mass is 10.2.